The number of hydrogen-bond donors (Lipinski definition) is 0. The first kappa shape index (κ1) is 9.16. The van der Waals surface area contributed by atoms with Crippen LogP contribution in [0.1, 0.15) is 35.3 Å². The van der Waals surface area contributed by atoms with Gasteiger partial charge < -0.3 is 0 Å². The summed E-state index contributed by atoms with van der Waals surface area (Å²) >= 11 is 1.91. The number of fused-ring (bicyclic) bond motifs is 1. The zero-order chi connectivity index (χ0) is 9.42. The lowest BCUT2D eigenvalue weighted by Gasteiger charge is -2.26. The van der Waals surface area contributed by atoms with Gasteiger partial charge in [-0.3, -0.25) is 4.90 Å². The normalized spacial score (nSPS) is 23.2. The molecule has 2 heterocycles. The molecule has 0 N–H and O–H groups in total. The average molecular weight is 196 g/mol. The van der Waals surface area contributed by atoms with Crippen molar-refractivity contribution in [2.24, 2.45) is 0 Å². The van der Waals surface area contributed by atoms with Crippen LogP contribution in [0, 0.1) is 0 Å². The number of thiazole rings is 1. The van der Waals surface area contributed by atoms with Crippen LogP contribution in [-0.4, -0.2) is 23.5 Å². The highest BCUT2D eigenvalue weighted by Gasteiger charge is 2.23. The van der Waals surface area contributed by atoms with Crippen LogP contribution in [0.4, 0.5) is 0 Å². The van der Waals surface area contributed by atoms with E-state index >= 15 is 0 Å². The van der Waals surface area contributed by atoms with E-state index in [0.717, 1.165) is 13.0 Å². The molecule has 1 aliphatic heterocycles. The number of nitrogens with zero attached hydrogens (tertiary/aromatic N) is 2. The molecule has 0 fully saturated rings. The molecule has 0 bridgehead atoms. The van der Waals surface area contributed by atoms with Gasteiger partial charge in [-0.15, -0.1) is 11.3 Å². The van der Waals surface area contributed by atoms with Crippen LogP contribution < -0.4 is 0 Å². The number of aryl methyl sites for hydroxylation is 1. The van der Waals surface area contributed by atoms with Crippen molar-refractivity contribution < 1.29 is 0 Å². The predicted octanol–water partition coefficient (Wildman–Crippen LogP) is 2.25. The third-order valence-electron chi connectivity index (χ3n) is 2.53. The summed E-state index contributed by atoms with van der Waals surface area (Å²) in [6.45, 7) is 6.69. The molecule has 0 aromatic carbocycles. The van der Waals surface area contributed by atoms with Crippen LogP contribution >= 0.6 is 11.3 Å². The Morgan fingerprint density at radius 1 is 1.62 bits per heavy atom. The first-order valence-corrected chi connectivity index (χ1v) is 5.69. The van der Waals surface area contributed by atoms with E-state index in [-0.39, 0.29) is 0 Å². The molecule has 1 aromatic rings. The Kier molecular flexibility index (Phi) is 2.39. The summed E-state index contributed by atoms with van der Waals surface area (Å²) in [5.74, 6) is 0.673. The Morgan fingerprint density at radius 3 is 3.08 bits per heavy atom. The molecule has 2 rings (SSSR count). The zero-order valence-electron chi connectivity index (χ0n) is 8.50. The average Bonchev–Trinajstić information content (AvgIpc) is 2.47. The molecule has 0 saturated carbocycles. The first-order valence-electron chi connectivity index (χ1n) is 4.87. The highest BCUT2D eigenvalue weighted by Crippen LogP contribution is 2.32. The van der Waals surface area contributed by atoms with E-state index in [1.807, 2.05) is 11.3 Å². The van der Waals surface area contributed by atoms with Gasteiger partial charge in [0.15, 0.2) is 0 Å². The van der Waals surface area contributed by atoms with Crippen molar-refractivity contribution in [2.45, 2.75) is 32.7 Å². The monoisotopic (exact) mass is 196 g/mol. The number of likely N-dealkylation sites (N-methyl/N-ethyl adjacent to an activating group) is 1. The van der Waals surface area contributed by atoms with Gasteiger partial charge in [-0.1, -0.05) is 13.8 Å². The molecule has 1 aromatic heterocycles. The summed E-state index contributed by atoms with van der Waals surface area (Å²) in [5.41, 5.74) is 1.32. The number of hydrogen-bond acceptors (Lipinski definition) is 3. The van der Waals surface area contributed by atoms with Crippen molar-refractivity contribution >= 4 is 11.3 Å². The molecule has 1 aliphatic rings. The van der Waals surface area contributed by atoms with E-state index in [2.05, 4.69) is 30.8 Å². The third-order valence-corrected chi connectivity index (χ3v) is 4.00. The summed E-state index contributed by atoms with van der Waals surface area (Å²) in [5, 5.41) is 1.30. The van der Waals surface area contributed by atoms with Gasteiger partial charge in [0.2, 0.25) is 0 Å². The maximum absolute atomic E-state index is 4.65. The van der Waals surface area contributed by atoms with Gasteiger partial charge in [0.1, 0.15) is 0 Å². The van der Waals surface area contributed by atoms with Crippen molar-refractivity contribution in [3.8, 4) is 0 Å². The summed E-state index contributed by atoms with van der Waals surface area (Å²) < 4.78 is 0. The maximum Gasteiger partial charge on any atom is 0.0929 e. The highest BCUT2D eigenvalue weighted by molar-refractivity contribution is 7.11. The van der Waals surface area contributed by atoms with Crippen LogP contribution in [0.15, 0.2) is 0 Å². The molecule has 3 heteroatoms. The molecule has 0 saturated heterocycles. The predicted molar refractivity (Wildman–Crippen MR) is 56.2 cm³/mol. The van der Waals surface area contributed by atoms with E-state index in [1.54, 1.807) is 0 Å². The van der Waals surface area contributed by atoms with E-state index in [1.165, 1.54) is 22.1 Å². The minimum absolute atomic E-state index is 0.673. The molecule has 1 unspecified atom stereocenters. The molecular formula is C10H16N2S. The summed E-state index contributed by atoms with van der Waals surface area (Å²) in [4.78, 5) is 8.52. The topological polar surface area (TPSA) is 16.1 Å². The third kappa shape index (κ3) is 1.63. The molecule has 1 atom stereocenters. The molecule has 72 valence electrons. The summed E-state index contributed by atoms with van der Waals surface area (Å²) in [7, 11) is 2.17. The van der Waals surface area contributed by atoms with Crippen molar-refractivity contribution in [3.05, 3.63) is 15.6 Å². The summed E-state index contributed by atoms with van der Waals surface area (Å²) in [6, 6.07) is 0. The van der Waals surface area contributed by atoms with E-state index in [9.17, 15) is 0 Å². The second kappa shape index (κ2) is 3.39. The van der Waals surface area contributed by atoms with Gasteiger partial charge in [-0.2, -0.15) is 0 Å². The Morgan fingerprint density at radius 2 is 2.38 bits per heavy atom. The van der Waals surface area contributed by atoms with Gasteiger partial charge in [0.05, 0.1) is 10.7 Å². The Labute approximate surface area is 83.6 Å². The van der Waals surface area contributed by atoms with Gasteiger partial charge >= 0.3 is 0 Å². The molecule has 0 radical (unpaired) electrons. The largest absolute Gasteiger partial charge is 0.300 e. The Hall–Kier alpha value is -0.410. The maximum atomic E-state index is 4.65. The fraction of sp³-hybridized carbons (Fsp3) is 0.700. The van der Waals surface area contributed by atoms with Crippen molar-refractivity contribution in [3.63, 3.8) is 0 Å². The molecule has 13 heavy (non-hydrogen) atoms. The Bertz CT molecular complexity index is 306. The van der Waals surface area contributed by atoms with E-state index in [4.69, 9.17) is 0 Å². The van der Waals surface area contributed by atoms with Crippen LogP contribution in [0.2, 0.25) is 0 Å². The van der Waals surface area contributed by atoms with Gasteiger partial charge in [-0.25, -0.2) is 4.98 Å². The summed E-state index contributed by atoms with van der Waals surface area (Å²) in [6.07, 6.45) is 1.08. The second-order valence-electron chi connectivity index (χ2n) is 3.87. The van der Waals surface area contributed by atoms with Crippen molar-refractivity contribution in [2.75, 3.05) is 13.6 Å². The lowest BCUT2D eigenvalue weighted by atomic mass is 10.0. The van der Waals surface area contributed by atoms with Crippen LogP contribution in [-0.2, 0) is 13.0 Å². The lowest BCUT2D eigenvalue weighted by molar-refractivity contribution is 0.287. The smallest absolute Gasteiger partial charge is 0.0929 e. The molecule has 0 amide bonds. The van der Waals surface area contributed by atoms with Gasteiger partial charge in [0, 0.05) is 23.9 Å². The van der Waals surface area contributed by atoms with Crippen LogP contribution in [0.25, 0.3) is 0 Å². The minimum Gasteiger partial charge on any atom is -0.300 e. The molecule has 0 spiro atoms. The SMILES string of the molecule is CCc1nc2c(s1)C(C)CN(C)C2. The Balaban J connectivity index is 2.35. The van der Waals surface area contributed by atoms with Crippen molar-refractivity contribution in [1.29, 1.82) is 0 Å². The minimum atomic E-state index is 0.673. The van der Waals surface area contributed by atoms with E-state index in [0.29, 0.717) is 5.92 Å². The molecule has 0 aliphatic carbocycles. The quantitative estimate of drug-likeness (QED) is 0.685. The number of aromatic nitrogens is 1. The standard InChI is InChI=1S/C10H16N2S/c1-4-9-11-8-6-12(3)5-7(2)10(8)13-9/h7H,4-6H2,1-3H3. The molecule has 2 nitrogen and oxygen atoms in total. The highest BCUT2D eigenvalue weighted by atomic mass is 32.1. The lowest BCUT2D eigenvalue weighted by Crippen LogP contribution is -2.28. The first-order chi connectivity index (χ1) is 6.20. The van der Waals surface area contributed by atoms with Crippen LogP contribution in [0.5, 0.6) is 0 Å². The fourth-order valence-corrected chi connectivity index (χ4v) is 2.99. The van der Waals surface area contributed by atoms with Crippen molar-refractivity contribution in [1.82, 2.24) is 9.88 Å². The van der Waals surface area contributed by atoms with E-state index < -0.39 is 0 Å². The van der Waals surface area contributed by atoms with Crippen LogP contribution in [0.3, 0.4) is 0 Å². The second-order valence-corrected chi connectivity index (χ2v) is 4.99. The van der Waals surface area contributed by atoms with Gasteiger partial charge in [0.25, 0.3) is 0 Å². The van der Waals surface area contributed by atoms with Gasteiger partial charge in [-0.05, 0) is 13.5 Å². The molecular weight excluding hydrogens is 180 g/mol. The number of rotatable bonds is 1. The fourth-order valence-electron chi connectivity index (χ4n) is 1.93. The zero-order valence-corrected chi connectivity index (χ0v) is 9.32.